The minimum Gasteiger partial charge on any atom is -0.382 e. The number of hydrogen-bond donors (Lipinski definition) is 1. The molecule has 1 heterocycles. The van der Waals surface area contributed by atoms with Crippen LogP contribution in [0.2, 0.25) is 5.02 Å². The van der Waals surface area contributed by atoms with E-state index in [9.17, 15) is 5.11 Å². The van der Waals surface area contributed by atoms with E-state index in [0.717, 1.165) is 26.6 Å². The lowest BCUT2D eigenvalue weighted by molar-refractivity contribution is 0.206. The molecule has 0 aliphatic carbocycles. The molecule has 2 rings (SSSR count). The first kappa shape index (κ1) is 15.3. The lowest BCUT2D eigenvalue weighted by Gasteiger charge is -2.16. The first-order valence-corrected chi connectivity index (χ1v) is 8.13. The van der Waals surface area contributed by atoms with Crippen molar-refractivity contribution in [2.45, 2.75) is 26.0 Å². The number of hydrogen-bond acceptors (Lipinski definition) is 2. The van der Waals surface area contributed by atoms with Crippen molar-refractivity contribution >= 4 is 50.1 Å². The molecule has 1 atom stereocenters. The molecule has 3 nitrogen and oxygen atoms in total. The summed E-state index contributed by atoms with van der Waals surface area (Å²) in [6, 6.07) is 5.84. The number of nitrogens with zero attached hydrogens (tertiary/aromatic N) is 2. The summed E-state index contributed by atoms with van der Waals surface area (Å²) in [6.07, 6.45) is 1.73. The first-order valence-electron chi connectivity index (χ1n) is 5.88. The fourth-order valence-electron chi connectivity index (χ4n) is 1.91. The molecule has 0 aliphatic heterocycles. The minimum absolute atomic E-state index is 0.492. The fraction of sp³-hybridized carbons (Fsp3) is 0.308. The molecular weight excluding hydrogens is 442 g/mol. The summed E-state index contributed by atoms with van der Waals surface area (Å²) < 4.78 is 3.69. The standard InChI is InChI=1S/C13H13BrClIN2O/c1-2-5-18-12(11(15)7-17-18)13(19)9-6-8(16)3-4-10(9)14/h3-4,6-7,13,19H,2,5H2,1H3. The van der Waals surface area contributed by atoms with Crippen LogP contribution >= 0.6 is 50.1 Å². The fourth-order valence-corrected chi connectivity index (χ4v) is 3.13. The molecule has 0 saturated carbocycles. The van der Waals surface area contributed by atoms with Gasteiger partial charge in [0.1, 0.15) is 6.10 Å². The molecule has 0 spiro atoms. The van der Waals surface area contributed by atoms with E-state index >= 15 is 0 Å². The van der Waals surface area contributed by atoms with Gasteiger partial charge in [-0.05, 0) is 47.2 Å². The summed E-state index contributed by atoms with van der Waals surface area (Å²) in [5.74, 6) is 0. The van der Waals surface area contributed by atoms with Gasteiger partial charge in [0, 0.05) is 20.2 Å². The van der Waals surface area contributed by atoms with Crippen LogP contribution in [-0.4, -0.2) is 14.9 Å². The molecule has 2 aromatic rings. The minimum atomic E-state index is -0.786. The molecule has 0 fully saturated rings. The van der Waals surface area contributed by atoms with Crippen molar-refractivity contribution in [1.82, 2.24) is 9.78 Å². The van der Waals surface area contributed by atoms with Crippen molar-refractivity contribution in [2.75, 3.05) is 0 Å². The van der Waals surface area contributed by atoms with Crippen LogP contribution in [0.4, 0.5) is 0 Å². The molecule has 102 valence electrons. The first-order chi connectivity index (χ1) is 9.04. The van der Waals surface area contributed by atoms with E-state index in [-0.39, 0.29) is 0 Å². The molecule has 19 heavy (non-hydrogen) atoms. The van der Waals surface area contributed by atoms with Crippen molar-refractivity contribution in [1.29, 1.82) is 0 Å². The molecule has 0 bridgehead atoms. The Hall–Kier alpha value is -0.110. The van der Waals surface area contributed by atoms with Crippen LogP contribution in [0.1, 0.15) is 30.7 Å². The lowest BCUT2D eigenvalue weighted by atomic mass is 10.1. The third-order valence-electron chi connectivity index (χ3n) is 2.78. The molecule has 0 aliphatic rings. The summed E-state index contributed by atoms with van der Waals surface area (Å²) in [5.41, 5.74) is 1.44. The topological polar surface area (TPSA) is 38.0 Å². The highest BCUT2D eigenvalue weighted by Gasteiger charge is 2.21. The molecular formula is C13H13BrClIN2O. The smallest absolute Gasteiger partial charge is 0.123 e. The molecule has 1 aromatic heterocycles. The largest absolute Gasteiger partial charge is 0.382 e. The highest BCUT2D eigenvalue weighted by molar-refractivity contribution is 14.1. The van der Waals surface area contributed by atoms with Gasteiger partial charge < -0.3 is 5.11 Å². The van der Waals surface area contributed by atoms with Gasteiger partial charge in [-0.15, -0.1) is 0 Å². The normalized spacial score (nSPS) is 12.7. The van der Waals surface area contributed by atoms with Gasteiger partial charge in [-0.25, -0.2) is 0 Å². The molecule has 1 unspecified atom stereocenters. The second kappa shape index (κ2) is 6.56. The SMILES string of the molecule is CCCn1ncc(Cl)c1C(O)c1cc(I)ccc1Br. The Morgan fingerprint density at radius 3 is 2.95 bits per heavy atom. The lowest BCUT2D eigenvalue weighted by Crippen LogP contribution is -2.11. The third-order valence-corrected chi connectivity index (χ3v) is 4.46. The third kappa shape index (κ3) is 3.32. The molecule has 1 N–H and O–H groups in total. The Morgan fingerprint density at radius 2 is 2.26 bits per heavy atom. The van der Waals surface area contributed by atoms with Gasteiger partial charge in [-0.2, -0.15) is 5.10 Å². The maximum atomic E-state index is 10.6. The maximum absolute atomic E-state index is 10.6. The Bertz CT molecular complexity index is 588. The van der Waals surface area contributed by atoms with Crippen molar-refractivity contribution < 1.29 is 5.11 Å². The van der Waals surface area contributed by atoms with Crippen LogP contribution in [0.5, 0.6) is 0 Å². The molecule has 6 heteroatoms. The Morgan fingerprint density at radius 1 is 1.53 bits per heavy atom. The Kier molecular flexibility index (Phi) is 5.28. The van der Waals surface area contributed by atoms with Gasteiger partial charge in [0.25, 0.3) is 0 Å². The number of aliphatic hydroxyl groups is 1. The van der Waals surface area contributed by atoms with Crippen LogP contribution in [0.25, 0.3) is 0 Å². The second-order valence-electron chi connectivity index (χ2n) is 4.17. The number of halogens is 3. The molecule has 0 amide bonds. The summed E-state index contributed by atoms with van der Waals surface area (Å²) in [6.45, 7) is 2.80. The Balaban J connectivity index is 2.46. The summed E-state index contributed by atoms with van der Waals surface area (Å²) in [4.78, 5) is 0. The van der Waals surface area contributed by atoms with E-state index in [2.05, 4.69) is 50.5 Å². The van der Waals surface area contributed by atoms with E-state index < -0.39 is 6.10 Å². The number of aliphatic hydroxyl groups excluding tert-OH is 1. The highest BCUT2D eigenvalue weighted by Crippen LogP contribution is 2.33. The van der Waals surface area contributed by atoms with E-state index in [1.54, 1.807) is 10.9 Å². The maximum Gasteiger partial charge on any atom is 0.123 e. The van der Waals surface area contributed by atoms with E-state index in [1.807, 2.05) is 18.2 Å². The monoisotopic (exact) mass is 454 g/mol. The van der Waals surface area contributed by atoms with Gasteiger partial charge in [0.05, 0.1) is 16.9 Å². The predicted molar refractivity (Wildman–Crippen MR) is 88.4 cm³/mol. The predicted octanol–water partition coefficient (Wildman–Crippen LogP) is 4.40. The number of benzene rings is 1. The van der Waals surface area contributed by atoms with Crippen LogP contribution in [0, 0.1) is 3.57 Å². The van der Waals surface area contributed by atoms with Gasteiger partial charge in [-0.1, -0.05) is 34.5 Å². The number of aromatic nitrogens is 2. The average molecular weight is 456 g/mol. The molecule has 0 saturated heterocycles. The Labute approximate surface area is 139 Å². The van der Waals surface area contributed by atoms with Gasteiger partial charge >= 0.3 is 0 Å². The van der Waals surface area contributed by atoms with Crippen LogP contribution < -0.4 is 0 Å². The van der Waals surface area contributed by atoms with Crippen LogP contribution in [0.3, 0.4) is 0 Å². The zero-order valence-corrected chi connectivity index (χ0v) is 14.8. The molecule has 1 aromatic carbocycles. The average Bonchev–Trinajstić information content (AvgIpc) is 2.73. The summed E-state index contributed by atoms with van der Waals surface area (Å²) >= 11 is 11.8. The zero-order chi connectivity index (χ0) is 14.0. The van der Waals surface area contributed by atoms with Crippen LogP contribution in [0.15, 0.2) is 28.9 Å². The summed E-state index contributed by atoms with van der Waals surface area (Å²) in [7, 11) is 0. The van der Waals surface area contributed by atoms with Crippen molar-refractivity contribution in [2.24, 2.45) is 0 Å². The van der Waals surface area contributed by atoms with Crippen molar-refractivity contribution in [3.8, 4) is 0 Å². The van der Waals surface area contributed by atoms with Crippen molar-refractivity contribution in [3.05, 3.63) is 48.7 Å². The van der Waals surface area contributed by atoms with E-state index in [1.165, 1.54) is 0 Å². The zero-order valence-electron chi connectivity index (χ0n) is 10.3. The second-order valence-corrected chi connectivity index (χ2v) is 6.68. The van der Waals surface area contributed by atoms with Gasteiger partial charge in [-0.3, -0.25) is 4.68 Å². The number of rotatable bonds is 4. The highest BCUT2D eigenvalue weighted by atomic mass is 127. The van der Waals surface area contributed by atoms with Gasteiger partial charge in [0.2, 0.25) is 0 Å². The van der Waals surface area contributed by atoms with E-state index in [4.69, 9.17) is 11.6 Å². The number of aryl methyl sites for hydroxylation is 1. The molecule has 0 radical (unpaired) electrons. The van der Waals surface area contributed by atoms with Crippen LogP contribution in [-0.2, 0) is 6.54 Å². The van der Waals surface area contributed by atoms with Crippen molar-refractivity contribution in [3.63, 3.8) is 0 Å². The summed E-state index contributed by atoms with van der Waals surface area (Å²) in [5, 5.41) is 15.3. The van der Waals surface area contributed by atoms with Gasteiger partial charge in [0.15, 0.2) is 0 Å². The quantitative estimate of drug-likeness (QED) is 0.695. The van der Waals surface area contributed by atoms with E-state index in [0.29, 0.717) is 10.7 Å².